The van der Waals surface area contributed by atoms with Crippen LogP contribution in [0.3, 0.4) is 0 Å². The summed E-state index contributed by atoms with van der Waals surface area (Å²) in [5, 5.41) is 0.415. The molecule has 7 heteroatoms. The SMILES string of the molecule is CC(COC(=O)C1CCCC1)Cc1nc(Br)c2c(Cl)nccn12. The second-order valence-electron chi connectivity index (χ2n) is 6.18. The molecule has 2 aromatic rings. The molecule has 0 radical (unpaired) electrons. The van der Waals surface area contributed by atoms with Crippen molar-refractivity contribution >= 4 is 39.0 Å². The maximum absolute atomic E-state index is 12.0. The largest absolute Gasteiger partial charge is 0.465 e. The number of halogens is 2. The van der Waals surface area contributed by atoms with E-state index in [1.807, 2.05) is 10.6 Å². The minimum Gasteiger partial charge on any atom is -0.465 e. The molecule has 0 aromatic carbocycles. The monoisotopic (exact) mass is 399 g/mol. The summed E-state index contributed by atoms with van der Waals surface area (Å²) in [5.41, 5.74) is 0.763. The van der Waals surface area contributed by atoms with Crippen LogP contribution in [0, 0.1) is 11.8 Å². The molecule has 1 saturated carbocycles. The number of nitrogens with zero attached hydrogens (tertiary/aromatic N) is 3. The molecule has 0 spiro atoms. The van der Waals surface area contributed by atoms with Gasteiger partial charge in [-0.15, -0.1) is 0 Å². The Kier molecular flexibility index (Phi) is 5.21. The Labute approximate surface area is 148 Å². The average molecular weight is 401 g/mol. The molecule has 1 fully saturated rings. The summed E-state index contributed by atoms with van der Waals surface area (Å²) in [6.07, 6.45) is 8.40. The van der Waals surface area contributed by atoms with Crippen LogP contribution in [0.2, 0.25) is 5.15 Å². The molecule has 0 amide bonds. The Morgan fingerprint density at radius 3 is 3.00 bits per heavy atom. The van der Waals surface area contributed by atoms with Crippen LogP contribution in [0.4, 0.5) is 0 Å². The zero-order chi connectivity index (χ0) is 16.4. The molecule has 2 aromatic heterocycles. The Balaban J connectivity index is 1.63. The highest BCUT2D eigenvalue weighted by Crippen LogP contribution is 2.27. The molecule has 0 aliphatic heterocycles. The normalized spacial score (nSPS) is 16.8. The zero-order valence-corrected chi connectivity index (χ0v) is 15.3. The molecule has 1 atom stereocenters. The molecule has 1 aliphatic rings. The Hall–Kier alpha value is -1.14. The first-order valence-corrected chi connectivity index (χ1v) is 9.07. The predicted octanol–water partition coefficient (Wildman–Crippen LogP) is 4.06. The van der Waals surface area contributed by atoms with Gasteiger partial charge in [-0.25, -0.2) is 9.97 Å². The summed E-state index contributed by atoms with van der Waals surface area (Å²) in [6, 6.07) is 0. The topological polar surface area (TPSA) is 56.5 Å². The van der Waals surface area contributed by atoms with Crippen LogP contribution in [0.1, 0.15) is 38.4 Å². The number of hydrogen-bond acceptors (Lipinski definition) is 4. The van der Waals surface area contributed by atoms with Crippen LogP contribution in [0.5, 0.6) is 0 Å². The number of fused-ring (bicyclic) bond motifs is 1. The summed E-state index contributed by atoms with van der Waals surface area (Å²) in [4.78, 5) is 20.6. The summed E-state index contributed by atoms with van der Waals surface area (Å²) in [5.74, 6) is 1.12. The van der Waals surface area contributed by atoms with E-state index in [1.54, 1.807) is 6.20 Å². The lowest BCUT2D eigenvalue weighted by molar-refractivity contribution is -0.149. The van der Waals surface area contributed by atoms with Crippen molar-refractivity contribution in [1.29, 1.82) is 0 Å². The van der Waals surface area contributed by atoms with Gasteiger partial charge in [0.05, 0.1) is 12.5 Å². The van der Waals surface area contributed by atoms with Gasteiger partial charge < -0.3 is 4.74 Å². The summed E-state index contributed by atoms with van der Waals surface area (Å²) in [6.45, 7) is 2.47. The molecular formula is C16H19BrClN3O2. The highest BCUT2D eigenvalue weighted by molar-refractivity contribution is 9.10. The summed E-state index contributed by atoms with van der Waals surface area (Å²) < 4.78 is 8.08. The van der Waals surface area contributed by atoms with Gasteiger partial charge in [0.2, 0.25) is 0 Å². The third kappa shape index (κ3) is 3.69. The Morgan fingerprint density at radius 2 is 2.26 bits per heavy atom. The van der Waals surface area contributed by atoms with E-state index in [9.17, 15) is 4.79 Å². The number of rotatable bonds is 5. The number of esters is 1. The van der Waals surface area contributed by atoms with Gasteiger partial charge in [-0.05, 0) is 34.7 Å². The molecule has 1 aliphatic carbocycles. The first-order valence-electron chi connectivity index (χ1n) is 7.90. The van der Waals surface area contributed by atoms with E-state index < -0.39 is 0 Å². The van der Waals surface area contributed by atoms with E-state index in [-0.39, 0.29) is 17.8 Å². The van der Waals surface area contributed by atoms with E-state index in [0.717, 1.165) is 37.0 Å². The van der Waals surface area contributed by atoms with E-state index >= 15 is 0 Å². The van der Waals surface area contributed by atoms with Gasteiger partial charge in [-0.3, -0.25) is 9.20 Å². The van der Waals surface area contributed by atoms with Crippen LogP contribution in [0.15, 0.2) is 17.0 Å². The summed E-state index contributed by atoms with van der Waals surface area (Å²) in [7, 11) is 0. The fourth-order valence-corrected chi connectivity index (χ4v) is 3.97. The van der Waals surface area contributed by atoms with Crippen LogP contribution in [-0.4, -0.2) is 26.9 Å². The lowest BCUT2D eigenvalue weighted by atomic mass is 10.1. The van der Waals surface area contributed by atoms with Crippen molar-refractivity contribution in [3.05, 3.63) is 28.0 Å². The van der Waals surface area contributed by atoms with E-state index in [2.05, 4.69) is 32.8 Å². The van der Waals surface area contributed by atoms with Gasteiger partial charge in [0, 0.05) is 18.8 Å². The number of hydrogen-bond donors (Lipinski definition) is 0. The third-order valence-corrected chi connectivity index (χ3v) is 5.10. The van der Waals surface area contributed by atoms with Crippen molar-refractivity contribution in [2.75, 3.05) is 6.61 Å². The minimum absolute atomic E-state index is 0.0456. The van der Waals surface area contributed by atoms with E-state index in [1.165, 1.54) is 0 Å². The van der Waals surface area contributed by atoms with Crippen molar-refractivity contribution in [2.24, 2.45) is 11.8 Å². The number of ether oxygens (including phenoxy) is 1. The van der Waals surface area contributed by atoms with E-state index in [4.69, 9.17) is 16.3 Å². The zero-order valence-electron chi connectivity index (χ0n) is 13.0. The fraction of sp³-hybridized carbons (Fsp3) is 0.562. The third-order valence-electron chi connectivity index (χ3n) is 4.27. The predicted molar refractivity (Wildman–Crippen MR) is 91.5 cm³/mol. The van der Waals surface area contributed by atoms with Crippen molar-refractivity contribution < 1.29 is 9.53 Å². The first kappa shape index (κ1) is 16.7. The molecule has 2 heterocycles. The van der Waals surface area contributed by atoms with Gasteiger partial charge in [-0.1, -0.05) is 31.4 Å². The smallest absolute Gasteiger partial charge is 0.308 e. The standard InChI is InChI=1S/C16H19BrClN3O2/c1-10(9-23-16(22)11-4-2-3-5-11)8-12-20-14(17)13-15(18)19-6-7-21(12)13/h6-7,10-11H,2-5,8-9H2,1H3. The molecule has 3 rings (SSSR count). The van der Waals surface area contributed by atoms with Gasteiger partial charge in [0.15, 0.2) is 5.15 Å². The maximum Gasteiger partial charge on any atom is 0.308 e. The van der Waals surface area contributed by atoms with Gasteiger partial charge in [-0.2, -0.15) is 0 Å². The molecule has 23 heavy (non-hydrogen) atoms. The summed E-state index contributed by atoms with van der Waals surface area (Å²) >= 11 is 9.54. The van der Waals surface area contributed by atoms with Crippen molar-refractivity contribution in [3.8, 4) is 0 Å². The lowest BCUT2D eigenvalue weighted by Crippen LogP contribution is -2.19. The molecular weight excluding hydrogens is 382 g/mol. The number of carbonyl (C=O) groups is 1. The Bertz CT molecular complexity index is 713. The van der Waals surface area contributed by atoms with E-state index in [0.29, 0.717) is 22.8 Å². The lowest BCUT2D eigenvalue weighted by Gasteiger charge is -2.14. The quantitative estimate of drug-likeness (QED) is 0.710. The van der Waals surface area contributed by atoms with Gasteiger partial charge in [0.25, 0.3) is 0 Å². The molecule has 124 valence electrons. The molecule has 0 N–H and O–H groups in total. The maximum atomic E-state index is 12.0. The van der Waals surface area contributed by atoms with Crippen molar-refractivity contribution in [2.45, 2.75) is 39.0 Å². The van der Waals surface area contributed by atoms with Crippen molar-refractivity contribution in [1.82, 2.24) is 14.4 Å². The molecule has 0 saturated heterocycles. The highest BCUT2D eigenvalue weighted by atomic mass is 79.9. The fourth-order valence-electron chi connectivity index (χ4n) is 3.04. The van der Waals surface area contributed by atoms with Gasteiger partial charge >= 0.3 is 5.97 Å². The second-order valence-corrected chi connectivity index (χ2v) is 7.29. The first-order chi connectivity index (χ1) is 11.1. The van der Waals surface area contributed by atoms with Crippen LogP contribution < -0.4 is 0 Å². The molecule has 1 unspecified atom stereocenters. The highest BCUT2D eigenvalue weighted by Gasteiger charge is 2.24. The Morgan fingerprint density at radius 1 is 1.52 bits per heavy atom. The van der Waals surface area contributed by atoms with Crippen LogP contribution >= 0.6 is 27.5 Å². The molecule has 0 bridgehead atoms. The number of imidazole rings is 1. The van der Waals surface area contributed by atoms with Crippen molar-refractivity contribution in [3.63, 3.8) is 0 Å². The minimum atomic E-state index is -0.0456. The number of aromatic nitrogens is 3. The van der Waals surface area contributed by atoms with Crippen LogP contribution in [-0.2, 0) is 16.0 Å². The molecule has 5 nitrogen and oxygen atoms in total. The average Bonchev–Trinajstić information content (AvgIpc) is 3.15. The number of carbonyl (C=O) groups excluding carboxylic acids is 1. The van der Waals surface area contributed by atoms with Gasteiger partial charge in [0.1, 0.15) is 15.9 Å². The van der Waals surface area contributed by atoms with Crippen LogP contribution in [0.25, 0.3) is 5.52 Å². The second kappa shape index (κ2) is 7.18.